The first-order chi connectivity index (χ1) is 9.36. The number of carbonyl (C=O) groups excluding carboxylic acids is 1. The first-order valence-electron chi connectivity index (χ1n) is 7.88. The van der Waals surface area contributed by atoms with Crippen LogP contribution in [0.3, 0.4) is 0 Å². The van der Waals surface area contributed by atoms with Gasteiger partial charge in [-0.25, -0.2) is 0 Å². The van der Waals surface area contributed by atoms with E-state index in [0.717, 1.165) is 19.3 Å². The van der Waals surface area contributed by atoms with Gasteiger partial charge in [-0.3, -0.25) is 9.59 Å². The molecule has 1 aliphatic rings. The van der Waals surface area contributed by atoms with E-state index >= 15 is 0 Å². The van der Waals surface area contributed by atoms with Gasteiger partial charge in [-0.05, 0) is 38.0 Å². The highest BCUT2D eigenvalue weighted by Gasteiger charge is 2.40. The maximum atomic E-state index is 12.9. The Morgan fingerprint density at radius 1 is 1.20 bits per heavy atom. The molecule has 1 heterocycles. The van der Waals surface area contributed by atoms with Crippen molar-refractivity contribution in [2.45, 2.75) is 59.8 Å². The quantitative estimate of drug-likeness (QED) is 0.814. The second kappa shape index (κ2) is 7.09. The highest BCUT2D eigenvalue weighted by Crippen LogP contribution is 2.37. The van der Waals surface area contributed by atoms with Gasteiger partial charge in [0.15, 0.2) is 0 Å². The van der Waals surface area contributed by atoms with Crippen LogP contribution in [0.2, 0.25) is 0 Å². The summed E-state index contributed by atoms with van der Waals surface area (Å²) in [5, 5.41) is 9.03. The zero-order valence-electron chi connectivity index (χ0n) is 13.3. The molecule has 4 heteroatoms. The number of carboxylic acids is 1. The van der Waals surface area contributed by atoms with Gasteiger partial charge in [0.25, 0.3) is 0 Å². The van der Waals surface area contributed by atoms with E-state index in [4.69, 9.17) is 5.11 Å². The lowest BCUT2D eigenvalue weighted by molar-refractivity contribution is -0.150. The molecule has 0 saturated carbocycles. The molecule has 1 saturated heterocycles. The summed E-state index contributed by atoms with van der Waals surface area (Å²) in [6.07, 6.45) is 3.81. The van der Waals surface area contributed by atoms with Gasteiger partial charge in [0, 0.05) is 18.5 Å². The van der Waals surface area contributed by atoms with Crippen LogP contribution in [0.4, 0.5) is 0 Å². The second-order valence-electron chi connectivity index (χ2n) is 6.49. The van der Waals surface area contributed by atoms with Crippen LogP contribution in [-0.2, 0) is 9.59 Å². The van der Waals surface area contributed by atoms with Gasteiger partial charge in [-0.1, -0.05) is 27.7 Å². The van der Waals surface area contributed by atoms with Crippen LogP contribution in [0.1, 0.15) is 59.8 Å². The predicted molar refractivity (Wildman–Crippen MR) is 79.4 cm³/mol. The van der Waals surface area contributed by atoms with E-state index in [0.29, 0.717) is 31.8 Å². The molecule has 4 nitrogen and oxygen atoms in total. The van der Waals surface area contributed by atoms with Crippen molar-refractivity contribution in [1.82, 2.24) is 4.90 Å². The van der Waals surface area contributed by atoms with E-state index in [1.807, 2.05) is 4.90 Å². The Balaban J connectivity index is 2.74. The van der Waals surface area contributed by atoms with E-state index in [1.54, 1.807) is 0 Å². The van der Waals surface area contributed by atoms with E-state index < -0.39 is 5.97 Å². The van der Waals surface area contributed by atoms with Crippen molar-refractivity contribution in [3.8, 4) is 0 Å². The maximum Gasteiger partial charge on any atom is 0.306 e. The predicted octanol–water partition coefficient (Wildman–Crippen LogP) is 3.16. The Morgan fingerprint density at radius 3 is 2.05 bits per heavy atom. The summed E-state index contributed by atoms with van der Waals surface area (Å²) in [6.45, 7) is 9.68. The molecule has 1 amide bonds. The zero-order valence-corrected chi connectivity index (χ0v) is 13.3. The summed E-state index contributed by atoms with van der Waals surface area (Å²) in [4.78, 5) is 25.8. The number of carbonyl (C=O) groups is 2. The highest BCUT2D eigenvalue weighted by atomic mass is 16.4. The van der Waals surface area contributed by atoms with Gasteiger partial charge in [0.2, 0.25) is 5.91 Å². The second-order valence-corrected chi connectivity index (χ2v) is 6.49. The average Bonchev–Trinajstić information content (AvgIpc) is 2.44. The van der Waals surface area contributed by atoms with Gasteiger partial charge in [-0.2, -0.15) is 0 Å². The third-order valence-corrected chi connectivity index (χ3v) is 4.74. The lowest BCUT2D eigenvalue weighted by Gasteiger charge is -2.40. The lowest BCUT2D eigenvalue weighted by atomic mass is 9.74. The van der Waals surface area contributed by atoms with Gasteiger partial charge >= 0.3 is 5.97 Å². The van der Waals surface area contributed by atoms with Crippen molar-refractivity contribution in [2.75, 3.05) is 13.1 Å². The van der Waals surface area contributed by atoms with Crippen molar-refractivity contribution in [3.63, 3.8) is 0 Å². The summed E-state index contributed by atoms with van der Waals surface area (Å²) in [5.74, 6) is -0.270. The normalized spacial score (nSPS) is 17.6. The molecule has 116 valence electrons. The van der Waals surface area contributed by atoms with Crippen molar-refractivity contribution in [1.29, 1.82) is 0 Å². The smallest absolute Gasteiger partial charge is 0.306 e. The third-order valence-electron chi connectivity index (χ3n) is 4.74. The molecule has 0 aromatic carbocycles. The highest BCUT2D eigenvalue weighted by molar-refractivity contribution is 5.83. The minimum Gasteiger partial charge on any atom is -0.481 e. The first kappa shape index (κ1) is 17.0. The van der Waals surface area contributed by atoms with E-state index in [-0.39, 0.29) is 17.2 Å². The number of nitrogens with zero attached hydrogens (tertiary/aromatic N) is 1. The van der Waals surface area contributed by atoms with E-state index in [9.17, 15) is 9.59 Å². The van der Waals surface area contributed by atoms with Gasteiger partial charge in [0.05, 0.1) is 5.92 Å². The molecule has 1 aliphatic heterocycles. The van der Waals surface area contributed by atoms with Gasteiger partial charge in [0.1, 0.15) is 0 Å². The molecular formula is C16H29NO3. The summed E-state index contributed by atoms with van der Waals surface area (Å²) in [7, 11) is 0. The van der Waals surface area contributed by atoms with Crippen molar-refractivity contribution in [2.24, 2.45) is 17.3 Å². The monoisotopic (exact) mass is 283 g/mol. The summed E-state index contributed by atoms with van der Waals surface area (Å²) >= 11 is 0. The van der Waals surface area contributed by atoms with Crippen LogP contribution in [-0.4, -0.2) is 35.0 Å². The van der Waals surface area contributed by atoms with E-state index in [1.165, 1.54) is 0 Å². The molecule has 0 atom stereocenters. The van der Waals surface area contributed by atoms with E-state index in [2.05, 4.69) is 27.7 Å². The fourth-order valence-electron chi connectivity index (χ4n) is 3.37. The Kier molecular flexibility index (Phi) is 6.03. The molecule has 0 spiro atoms. The van der Waals surface area contributed by atoms with Crippen LogP contribution in [0.25, 0.3) is 0 Å². The molecule has 20 heavy (non-hydrogen) atoms. The summed E-state index contributed by atoms with van der Waals surface area (Å²) in [6, 6.07) is 0. The minimum absolute atomic E-state index is 0.236. The number of rotatable bonds is 6. The molecule has 0 aromatic heterocycles. The topological polar surface area (TPSA) is 57.6 Å². The van der Waals surface area contributed by atoms with Crippen molar-refractivity contribution in [3.05, 3.63) is 0 Å². The largest absolute Gasteiger partial charge is 0.481 e. The molecule has 1 N–H and O–H groups in total. The van der Waals surface area contributed by atoms with Crippen LogP contribution < -0.4 is 0 Å². The standard InChI is InChI=1S/C16H29NO3/c1-5-16(6-2,11-12(3)4)15(20)17-9-7-13(8-10-17)14(18)19/h12-13H,5-11H2,1-4H3,(H,18,19). The Bertz CT molecular complexity index is 340. The van der Waals surface area contributed by atoms with Crippen LogP contribution in [0.15, 0.2) is 0 Å². The van der Waals surface area contributed by atoms with Crippen LogP contribution in [0.5, 0.6) is 0 Å². The molecule has 0 aromatic rings. The SMILES string of the molecule is CCC(CC)(CC(C)C)C(=O)N1CCC(C(=O)O)CC1. The molecule has 1 fully saturated rings. The molecule has 0 radical (unpaired) electrons. The molecule has 0 bridgehead atoms. The molecule has 1 rings (SSSR count). The Hall–Kier alpha value is -1.06. The molecular weight excluding hydrogens is 254 g/mol. The van der Waals surface area contributed by atoms with Crippen molar-refractivity contribution >= 4 is 11.9 Å². The van der Waals surface area contributed by atoms with Gasteiger partial charge in [-0.15, -0.1) is 0 Å². The number of carboxylic acid groups (broad SMARTS) is 1. The average molecular weight is 283 g/mol. The zero-order chi connectivity index (χ0) is 15.3. The fourth-order valence-corrected chi connectivity index (χ4v) is 3.37. The van der Waals surface area contributed by atoms with Gasteiger partial charge < -0.3 is 10.0 Å². The number of likely N-dealkylation sites (tertiary alicyclic amines) is 1. The van der Waals surface area contributed by atoms with Crippen LogP contribution >= 0.6 is 0 Å². The number of hydrogen-bond donors (Lipinski definition) is 1. The summed E-state index contributed by atoms with van der Waals surface area (Å²) < 4.78 is 0. The fraction of sp³-hybridized carbons (Fsp3) is 0.875. The Morgan fingerprint density at radius 2 is 1.70 bits per heavy atom. The van der Waals surface area contributed by atoms with Crippen LogP contribution in [0, 0.1) is 17.3 Å². The number of piperidine rings is 1. The first-order valence-corrected chi connectivity index (χ1v) is 7.88. The number of hydrogen-bond acceptors (Lipinski definition) is 2. The maximum absolute atomic E-state index is 12.9. The molecule has 0 aliphatic carbocycles. The number of amides is 1. The lowest BCUT2D eigenvalue weighted by Crippen LogP contribution is -2.48. The Labute approximate surface area is 122 Å². The summed E-state index contributed by atoms with van der Waals surface area (Å²) in [5.41, 5.74) is -0.260. The van der Waals surface area contributed by atoms with Crippen molar-refractivity contribution < 1.29 is 14.7 Å². The number of aliphatic carboxylic acids is 1. The minimum atomic E-state index is -0.725. The third kappa shape index (κ3) is 3.74. The molecule has 0 unspecified atom stereocenters.